The van der Waals surface area contributed by atoms with Crippen LogP contribution in [0.3, 0.4) is 0 Å². The zero-order valence-corrected chi connectivity index (χ0v) is 22.2. The summed E-state index contributed by atoms with van der Waals surface area (Å²) in [5, 5.41) is 5.03. The molecule has 0 radical (unpaired) electrons. The van der Waals surface area contributed by atoms with Crippen molar-refractivity contribution in [2.75, 3.05) is 20.3 Å². The van der Waals surface area contributed by atoms with Gasteiger partial charge < -0.3 is 14.2 Å². The highest BCUT2D eigenvalue weighted by Crippen LogP contribution is 2.34. The number of carbonyl (C=O) groups excluding carboxylic acids is 1. The van der Waals surface area contributed by atoms with Crippen molar-refractivity contribution in [3.05, 3.63) is 87.7 Å². The van der Waals surface area contributed by atoms with Crippen LogP contribution in [0.2, 0.25) is 0 Å². The van der Waals surface area contributed by atoms with Crippen LogP contribution in [0.4, 0.5) is 0 Å². The zero-order valence-electron chi connectivity index (χ0n) is 22.2. The molecule has 0 aliphatic carbocycles. The molecule has 0 amide bonds. The fourth-order valence-electron chi connectivity index (χ4n) is 4.15. The molecule has 0 bridgehead atoms. The number of fused-ring (bicyclic) bond motifs is 1. The number of carbonyl (C=O) groups is 1. The third kappa shape index (κ3) is 5.59. The molecular formula is C30H31N3O5. The lowest BCUT2D eigenvalue weighted by molar-refractivity contribution is -0.145. The van der Waals surface area contributed by atoms with E-state index >= 15 is 0 Å². The molecule has 0 fully saturated rings. The van der Waals surface area contributed by atoms with Gasteiger partial charge in [-0.2, -0.15) is 9.78 Å². The smallest absolute Gasteiger partial charge is 0.344 e. The maximum Gasteiger partial charge on any atom is 0.344 e. The largest absolute Gasteiger partial charge is 0.496 e. The second kappa shape index (κ2) is 11.7. The molecule has 0 N–H and O–H groups in total. The molecule has 4 aromatic rings. The number of methoxy groups -OCH3 is 1. The van der Waals surface area contributed by atoms with Crippen LogP contribution in [0, 0.1) is 6.92 Å². The Labute approximate surface area is 221 Å². The predicted octanol–water partition coefficient (Wildman–Crippen LogP) is 5.33. The van der Waals surface area contributed by atoms with E-state index < -0.39 is 5.97 Å². The van der Waals surface area contributed by atoms with Crippen molar-refractivity contribution in [3.63, 3.8) is 0 Å². The summed E-state index contributed by atoms with van der Waals surface area (Å²) in [6, 6.07) is 18.3. The molecule has 0 aliphatic rings. The van der Waals surface area contributed by atoms with Gasteiger partial charge in [0.2, 0.25) is 0 Å². The fourth-order valence-corrected chi connectivity index (χ4v) is 4.15. The van der Waals surface area contributed by atoms with Crippen molar-refractivity contribution in [3.8, 4) is 22.9 Å². The molecule has 4 rings (SSSR count). The lowest BCUT2D eigenvalue weighted by atomic mass is 9.96. The zero-order chi connectivity index (χ0) is 27.2. The summed E-state index contributed by atoms with van der Waals surface area (Å²) in [6.07, 6.45) is 1.53. The second-order valence-electron chi connectivity index (χ2n) is 9.01. The summed E-state index contributed by atoms with van der Waals surface area (Å²) in [6.45, 7) is 7.90. The number of aromatic nitrogens is 2. The van der Waals surface area contributed by atoms with Crippen molar-refractivity contribution in [1.29, 1.82) is 0 Å². The number of para-hydroxylation sites is 2. The van der Waals surface area contributed by atoms with E-state index in [0.29, 0.717) is 28.0 Å². The van der Waals surface area contributed by atoms with E-state index in [1.54, 1.807) is 44.4 Å². The number of benzene rings is 3. The van der Waals surface area contributed by atoms with Crippen LogP contribution in [0.5, 0.6) is 11.5 Å². The van der Waals surface area contributed by atoms with Crippen molar-refractivity contribution < 1.29 is 19.0 Å². The second-order valence-corrected chi connectivity index (χ2v) is 9.01. The molecule has 1 aromatic heterocycles. The highest BCUT2D eigenvalue weighted by atomic mass is 16.6. The van der Waals surface area contributed by atoms with Gasteiger partial charge in [0.15, 0.2) is 12.4 Å². The van der Waals surface area contributed by atoms with Gasteiger partial charge in [0.05, 0.1) is 30.8 Å². The Balaban J connectivity index is 1.86. The first kappa shape index (κ1) is 26.6. The molecule has 0 atom stereocenters. The molecule has 0 saturated carbocycles. The van der Waals surface area contributed by atoms with Gasteiger partial charge in [-0.25, -0.2) is 9.78 Å². The van der Waals surface area contributed by atoms with E-state index in [9.17, 15) is 9.59 Å². The van der Waals surface area contributed by atoms with Gasteiger partial charge in [0.25, 0.3) is 5.56 Å². The average molecular weight is 514 g/mol. The maximum atomic E-state index is 13.7. The number of hydrogen-bond acceptors (Lipinski definition) is 7. The fraction of sp³-hybridized carbons (Fsp3) is 0.267. The van der Waals surface area contributed by atoms with Crippen LogP contribution in [0.15, 0.2) is 70.6 Å². The first-order valence-electron chi connectivity index (χ1n) is 12.5. The number of hydrogen-bond donors (Lipinski definition) is 0. The summed E-state index contributed by atoms with van der Waals surface area (Å²) in [7, 11) is 1.65. The van der Waals surface area contributed by atoms with E-state index in [1.807, 2.05) is 37.3 Å². The van der Waals surface area contributed by atoms with Crippen LogP contribution < -0.4 is 15.0 Å². The number of rotatable bonds is 9. The lowest BCUT2D eigenvalue weighted by Gasteiger charge is -2.17. The highest BCUT2D eigenvalue weighted by molar-refractivity contribution is 5.85. The van der Waals surface area contributed by atoms with Crippen molar-refractivity contribution >= 4 is 23.1 Å². The Hall–Kier alpha value is -4.46. The monoisotopic (exact) mass is 513 g/mol. The number of esters is 1. The quantitative estimate of drug-likeness (QED) is 0.222. The van der Waals surface area contributed by atoms with Gasteiger partial charge in [0.1, 0.15) is 11.5 Å². The molecular weight excluding hydrogens is 482 g/mol. The van der Waals surface area contributed by atoms with Gasteiger partial charge in [-0.3, -0.25) is 4.79 Å². The molecule has 0 unspecified atom stereocenters. The minimum atomic E-state index is -0.465. The number of ether oxygens (including phenoxy) is 3. The van der Waals surface area contributed by atoms with E-state index in [-0.39, 0.29) is 24.7 Å². The van der Waals surface area contributed by atoms with Gasteiger partial charge in [-0.05, 0) is 67.3 Å². The van der Waals surface area contributed by atoms with Crippen molar-refractivity contribution in [1.82, 2.24) is 9.66 Å². The van der Waals surface area contributed by atoms with Crippen molar-refractivity contribution in [2.24, 2.45) is 5.10 Å². The standard InChI is InChI=1S/C30H31N3O5/c1-6-37-28(34)18-38-26-14-10-7-11-21(26)17-31-33-29(32-25-13-9-8-12-22(25)30(33)35)24-16-23(19(2)3)27(36-5)15-20(24)4/h7-17,19H,6,18H2,1-5H3. The molecule has 196 valence electrons. The Kier molecular flexibility index (Phi) is 8.21. The summed E-state index contributed by atoms with van der Waals surface area (Å²) in [4.78, 5) is 30.3. The summed E-state index contributed by atoms with van der Waals surface area (Å²) >= 11 is 0. The van der Waals surface area contributed by atoms with E-state index in [0.717, 1.165) is 22.4 Å². The SMILES string of the molecule is CCOC(=O)COc1ccccc1C=Nn1c(-c2cc(C(C)C)c(OC)cc2C)nc2ccccc2c1=O. The van der Waals surface area contributed by atoms with E-state index in [1.165, 1.54) is 10.9 Å². The topological polar surface area (TPSA) is 92.0 Å². The minimum Gasteiger partial charge on any atom is -0.496 e. The molecule has 3 aromatic carbocycles. The maximum absolute atomic E-state index is 13.7. The third-order valence-corrected chi connectivity index (χ3v) is 6.08. The minimum absolute atomic E-state index is 0.192. The van der Waals surface area contributed by atoms with Gasteiger partial charge >= 0.3 is 5.97 Å². The molecule has 1 heterocycles. The molecule has 38 heavy (non-hydrogen) atoms. The third-order valence-electron chi connectivity index (χ3n) is 6.08. The van der Waals surface area contributed by atoms with E-state index in [4.69, 9.17) is 19.2 Å². The van der Waals surface area contributed by atoms with Gasteiger partial charge in [0, 0.05) is 11.1 Å². The molecule has 0 aliphatic heterocycles. The van der Waals surface area contributed by atoms with Gasteiger partial charge in [-0.1, -0.05) is 38.1 Å². The molecule has 8 nitrogen and oxygen atoms in total. The Morgan fingerprint density at radius 1 is 1.08 bits per heavy atom. The Morgan fingerprint density at radius 3 is 2.55 bits per heavy atom. The Morgan fingerprint density at radius 2 is 1.82 bits per heavy atom. The summed E-state index contributed by atoms with van der Waals surface area (Å²) in [5.74, 6) is 1.36. The van der Waals surface area contributed by atoms with Crippen molar-refractivity contribution in [2.45, 2.75) is 33.6 Å². The van der Waals surface area contributed by atoms with Crippen LogP contribution >= 0.6 is 0 Å². The molecule has 0 spiro atoms. The lowest BCUT2D eigenvalue weighted by Crippen LogP contribution is -2.21. The average Bonchev–Trinajstić information content (AvgIpc) is 2.91. The highest BCUT2D eigenvalue weighted by Gasteiger charge is 2.18. The van der Waals surface area contributed by atoms with Crippen LogP contribution in [0.25, 0.3) is 22.3 Å². The first-order valence-corrected chi connectivity index (χ1v) is 12.5. The van der Waals surface area contributed by atoms with E-state index in [2.05, 4.69) is 18.9 Å². The Bertz CT molecular complexity index is 1560. The normalized spacial score (nSPS) is 11.3. The van der Waals surface area contributed by atoms with Gasteiger partial charge in [-0.15, -0.1) is 0 Å². The first-order chi connectivity index (χ1) is 18.3. The van der Waals surface area contributed by atoms with Crippen LogP contribution in [0.1, 0.15) is 43.4 Å². The number of nitrogens with zero attached hydrogens (tertiary/aromatic N) is 3. The molecule has 0 saturated heterocycles. The van der Waals surface area contributed by atoms with Crippen LogP contribution in [-0.4, -0.2) is 42.2 Å². The number of aryl methyl sites for hydroxylation is 1. The van der Waals surface area contributed by atoms with Crippen LogP contribution in [-0.2, 0) is 9.53 Å². The summed E-state index contributed by atoms with van der Waals surface area (Å²) < 4.78 is 17.5. The molecule has 8 heteroatoms. The predicted molar refractivity (Wildman–Crippen MR) is 148 cm³/mol. The summed E-state index contributed by atoms with van der Waals surface area (Å²) in [5.41, 5.74) is 3.56.